The van der Waals surface area contributed by atoms with Crippen molar-refractivity contribution in [2.75, 3.05) is 0 Å². The van der Waals surface area contributed by atoms with Gasteiger partial charge in [0, 0.05) is 17.5 Å². The second kappa shape index (κ2) is 6.53. The molecular formula is C18H30N2O2. The number of aromatic nitrogens is 1. The summed E-state index contributed by atoms with van der Waals surface area (Å²) in [5, 5.41) is 7.60. The van der Waals surface area contributed by atoms with Gasteiger partial charge in [-0.25, -0.2) is 0 Å². The van der Waals surface area contributed by atoms with Crippen molar-refractivity contribution in [2.45, 2.75) is 90.1 Å². The van der Waals surface area contributed by atoms with Crippen LogP contribution in [-0.4, -0.2) is 22.5 Å². The van der Waals surface area contributed by atoms with Gasteiger partial charge >= 0.3 is 0 Å². The molecule has 0 atom stereocenters. The zero-order valence-electron chi connectivity index (χ0n) is 14.7. The molecule has 1 fully saturated rings. The second-order valence-corrected chi connectivity index (χ2v) is 8.14. The molecule has 0 aliphatic heterocycles. The molecule has 0 bridgehead atoms. The number of nitrogens with zero attached hydrogens (tertiary/aromatic N) is 1. The van der Waals surface area contributed by atoms with Crippen molar-refractivity contribution in [1.29, 1.82) is 0 Å². The Labute approximate surface area is 134 Å². The van der Waals surface area contributed by atoms with E-state index in [-0.39, 0.29) is 11.2 Å². The predicted octanol–water partition coefficient (Wildman–Crippen LogP) is 3.78. The summed E-state index contributed by atoms with van der Waals surface area (Å²) in [6.07, 6.45) is 6.53. The van der Waals surface area contributed by atoms with E-state index in [2.05, 4.69) is 31.2 Å². The van der Waals surface area contributed by atoms with Gasteiger partial charge in [-0.05, 0) is 26.7 Å². The average Bonchev–Trinajstić information content (AvgIpc) is 2.88. The van der Waals surface area contributed by atoms with Crippen LogP contribution < -0.4 is 5.32 Å². The van der Waals surface area contributed by atoms with Crippen molar-refractivity contribution >= 4 is 5.78 Å². The number of Topliss-reactive ketones (excluding diaryl/α,β-unsaturated/α-hetero) is 1. The smallest absolute Gasteiger partial charge is 0.158 e. The Hall–Kier alpha value is -1.16. The fourth-order valence-electron chi connectivity index (χ4n) is 2.97. The molecule has 4 nitrogen and oxygen atoms in total. The summed E-state index contributed by atoms with van der Waals surface area (Å²) in [7, 11) is 0. The molecule has 0 saturated heterocycles. The van der Waals surface area contributed by atoms with Gasteiger partial charge in [0.1, 0.15) is 5.76 Å². The molecule has 1 aromatic heterocycles. The summed E-state index contributed by atoms with van der Waals surface area (Å²) in [4.78, 5) is 12.6. The number of rotatable bonds is 5. The minimum absolute atomic E-state index is 0.0792. The quantitative estimate of drug-likeness (QED) is 0.899. The zero-order valence-corrected chi connectivity index (χ0v) is 14.7. The molecule has 1 saturated carbocycles. The Morgan fingerprint density at radius 3 is 2.41 bits per heavy atom. The van der Waals surface area contributed by atoms with E-state index in [0.717, 1.165) is 11.5 Å². The number of ketones is 1. The maximum Gasteiger partial charge on any atom is 0.158 e. The van der Waals surface area contributed by atoms with Crippen LogP contribution in [0.2, 0.25) is 0 Å². The third kappa shape index (κ3) is 4.42. The van der Waals surface area contributed by atoms with Gasteiger partial charge in [0.2, 0.25) is 0 Å². The van der Waals surface area contributed by atoms with Crippen LogP contribution in [-0.2, 0) is 16.6 Å². The monoisotopic (exact) mass is 306 g/mol. The van der Waals surface area contributed by atoms with Gasteiger partial charge < -0.3 is 9.84 Å². The van der Waals surface area contributed by atoms with Crippen LogP contribution in [0.15, 0.2) is 10.6 Å². The van der Waals surface area contributed by atoms with Crippen LogP contribution in [0.1, 0.15) is 78.2 Å². The van der Waals surface area contributed by atoms with Crippen molar-refractivity contribution in [3.8, 4) is 0 Å². The van der Waals surface area contributed by atoms with Crippen molar-refractivity contribution in [3.05, 3.63) is 17.5 Å². The summed E-state index contributed by atoms with van der Waals surface area (Å²) in [5.41, 5.74) is 0.140. The Bertz CT molecular complexity index is 505. The van der Waals surface area contributed by atoms with Gasteiger partial charge in [-0.2, -0.15) is 0 Å². The number of nitrogens with one attached hydrogen (secondary N) is 1. The van der Waals surface area contributed by atoms with Gasteiger partial charge in [0.05, 0.1) is 17.7 Å². The number of carbonyl (C=O) groups is 1. The lowest BCUT2D eigenvalue weighted by Gasteiger charge is -2.32. The molecule has 1 aromatic rings. The van der Waals surface area contributed by atoms with Gasteiger partial charge in [0.25, 0.3) is 0 Å². The van der Waals surface area contributed by atoms with Crippen LogP contribution in [0.25, 0.3) is 0 Å². The first kappa shape index (κ1) is 17.2. The highest BCUT2D eigenvalue weighted by atomic mass is 16.5. The highest BCUT2D eigenvalue weighted by molar-refractivity contribution is 5.89. The molecule has 1 heterocycles. The lowest BCUT2D eigenvalue weighted by Crippen LogP contribution is -2.52. The van der Waals surface area contributed by atoms with E-state index < -0.39 is 5.54 Å². The molecule has 0 unspecified atom stereocenters. The molecule has 0 aromatic carbocycles. The molecular weight excluding hydrogens is 276 g/mol. The Morgan fingerprint density at radius 2 is 1.86 bits per heavy atom. The zero-order chi connectivity index (χ0) is 16.4. The fraction of sp³-hybridized carbons (Fsp3) is 0.778. The van der Waals surface area contributed by atoms with E-state index in [1.165, 1.54) is 32.1 Å². The maximum atomic E-state index is 12.6. The average molecular weight is 306 g/mol. The number of hydrogen-bond donors (Lipinski definition) is 1. The topological polar surface area (TPSA) is 55.1 Å². The van der Waals surface area contributed by atoms with E-state index in [4.69, 9.17) is 4.52 Å². The van der Waals surface area contributed by atoms with Crippen LogP contribution in [0.4, 0.5) is 0 Å². The van der Waals surface area contributed by atoms with Gasteiger partial charge in [-0.1, -0.05) is 45.2 Å². The van der Waals surface area contributed by atoms with E-state index in [9.17, 15) is 4.79 Å². The minimum Gasteiger partial charge on any atom is -0.361 e. The third-order valence-electron chi connectivity index (χ3n) is 4.51. The first-order valence-corrected chi connectivity index (χ1v) is 8.45. The molecule has 4 heteroatoms. The van der Waals surface area contributed by atoms with E-state index in [1.807, 2.05) is 19.9 Å². The van der Waals surface area contributed by atoms with Crippen LogP contribution in [0, 0.1) is 0 Å². The van der Waals surface area contributed by atoms with Crippen molar-refractivity contribution in [1.82, 2.24) is 10.5 Å². The number of hydrogen-bond acceptors (Lipinski definition) is 4. The molecule has 1 N–H and O–H groups in total. The van der Waals surface area contributed by atoms with Crippen LogP contribution in [0.3, 0.4) is 0 Å². The van der Waals surface area contributed by atoms with Crippen molar-refractivity contribution in [2.24, 2.45) is 0 Å². The molecule has 1 aliphatic carbocycles. The number of carbonyl (C=O) groups excluding carboxylic acids is 1. The fourth-order valence-corrected chi connectivity index (χ4v) is 2.97. The standard InChI is InChI=1S/C18H30N2O2/c1-17(2,3)16-12-14(20-22-16)11-15(21)18(4,5)19-13-9-7-6-8-10-13/h12-13,19H,6-11H2,1-5H3. The van der Waals surface area contributed by atoms with Crippen LogP contribution in [0.5, 0.6) is 0 Å². The van der Waals surface area contributed by atoms with Gasteiger partial charge in [0.15, 0.2) is 5.78 Å². The lowest BCUT2D eigenvalue weighted by molar-refractivity contribution is -0.124. The molecule has 0 radical (unpaired) electrons. The van der Waals surface area contributed by atoms with Gasteiger partial charge in [-0.3, -0.25) is 4.79 Å². The summed E-state index contributed by atoms with van der Waals surface area (Å²) >= 11 is 0. The molecule has 2 rings (SSSR count). The van der Waals surface area contributed by atoms with E-state index >= 15 is 0 Å². The first-order valence-electron chi connectivity index (χ1n) is 8.45. The molecule has 1 aliphatic rings. The normalized spacial score (nSPS) is 17.7. The Balaban J connectivity index is 1.96. The summed E-state index contributed by atoms with van der Waals surface area (Å²) in [6.45, 7) is 10.2. The summed E-state index contributed by atoms with van der Waals surface area (Å²) < 4.78 is 5.37. The van der Waals surface area contributed by atoms with Crippen molar-refractivity contribution in [3.63, 3.8) is 0 Å². The predicted molar refractivity (Wildman–Crippen MR) is 88.0 cm³/mol. The third-order valence-corrected chi connectivity index (χ3v) is 4.51. The van der Waals surface area contributed by atoms with Gasteiger partial charge in [-0.15, -0.1) is 0 Å². The summed E-state index contributed by atoms with van der Waals surface area (Å²) in [5.74, 6) is 1.00. The Kier molecular flexibility index (Phi) is 5.10. The SMILES string of the molecule is CC(C)(NC1CCCCC1)C(=O)Cc1cc(C(C)(C)C)on1. The largest absolute Gasteiger partial charge is 0.361 e. The maximum absolute atomic E-state index is 12.6. The summed E-state index contributed by atoms with van der Waals surface area (Å²) in [6, 6.07) is 2.38. The van der Waals surface area contributed by atoms with Crippen LogP contribution >= 0.6 is 0 Å². The molecule has 124 valence electrons. The lowest BCUT2D eigenvalue weighted by atomic mass is 9.89. The van der Waals surface area contributed by atoms with E-state index in [0.29, 0.717) is 12.5 Å². The first-order chi connectivity index (χ1) is 10.2. The second-order valence-electron chi connectivity index (χ2n) is 8.14. The Morgan fingerprint density at radius 1 is 1.23 bits per heavy atom. The highest BCUT2D eigenvalue weighted by Gasteiger charge is 2.31. The van der Waals surface area contributed by atoms with Crippen molar-refractivity contribution < 1.29 is 9.32 Å². The van der Waals surface area contributed by atoms with E-state index in [1.54, 1.807) is 0 Å². The molecule has 0 spiro atoms. The minimum atomic E-state index is -0.511. The molecule has 0 amide bonds. The highest BCUT2D eigenvalue weighted by Crippen LogP contribution is 2.24. The molecule has 22 heavy (non-hydrogen) atoms.